The van der Waals surface area contributed by atoms with Gasteiger partial charge in [0.25, 0.3) is 0 Å². The van der Waals surface area contributed by atoms with Crippen molar-refractivity contribution in [2.24, 2.45) is 0 Å². The number of amides is 1. The molecule has 0 aliphatic carbocycles. The minimum Gasteiger partial charge on any atom is -0.340 e. The zero-order chi connectivity index (χ0) is 11.5. The monoisotopic (exact) mass is 252 g/mol. The van der Waals surface area contributed by atoms with Gasteiger partial charge in [-0.3, -0.25) is 4.79 Å². The molecular weight excluding hydrogens is 239 g/mol. The number of benzene rings is 1. The molecule has 82 valence electrons. The number of carbonyl (C=O) groups is 1. The van der Waals surface area contributed by atoms with Crippen molar-refractivity contribution in [3.63, 3.8) is 0 Å². The van der Waals surface area contributed by atoms with Crippen LogP contribution >= 0.6 is 0 Å². The second kappa shape index (κ2) is 6.67. The summed E-state index contributed by atoms with van der Waals surface area (Å²) in [5, 5.41) is 8.79. The van der Waals surface area contributed by atoms with Crippen molar-refractivity contribution >= 4 is 5.91 Å². The molecule has 0 unspecified atom stereocenters. The Morgan fingerprint density at radius 3 is 2.88 bits per heavy atom. The standard InChI is InChI=1S/C13H13N2O.K/c1-2-13(16)15-6-5-11-7-10(8-14)3-4-12(11)9-15;/h3-4,7H,1-2,5-6,9H2;/q-1;+1. The smallest absolute Gasteiger partial charge is 0.340 e. The van der Waals surface area contributed by atoms with E-state index in [1.165, 1.54) is 5.56 Å². The van der Waals surface area contributed by atoms with E-state index in [0.29, 0.717) is 18.5 Å². The van der Waals surface area contributed by atoms with Gasteiger partial charge in [0, 0.05) is 13.1 Å². The summed E-state index contributed by atoms with van der Waals surface area (Å²) in [5.41, 5.74) is 3.02. The molecule has 4 heteroatoms. The summed E-state index contributed by atoms with van der Waals surface area (Å²) in [6.07, 6.45) is 1.14. The third-order valence-electron chi connectivity index (χ3n) is 2.91. The van der Waals surface area contributed by atoms with Gasteiger partial charge in [0.15, 0.2) is 5.91 Å². The minimum absolute atomic E-state index is 0. The summed E-state index contributed by atoms with van der Waals surface area (Å²) >= 11 is 0. The molecule has 2 rings (SSSR count). The Morgan fingerprint density at radius 2 is 2.24 bits per heavy atom. The molecule has 1 amide bonds. The van der Waals surface area contributed by atoms with Crippen molar-refractivity contribution in [2.75, 3.05) is 6.54 Å². The van der Waals surface area contributed by atoms with Gasteiger partial charge in [0.2, 0.25) is 0 Å². The summed E-state index contributed by atoms with van der Waals surface area (Å²) < 4.78 is 0. The molecular formula is C13H13KN2O. The van der Waals surface area contributed by atoms with E-state index in [0.717, 1.165) is 18.5 Å². The van der Waals surface area contributed by atoms with E-state index in [4.69, 9.17) is 5.26 Å². The van der Waals surface area contributed by atoms with Gasteiger partial charge in [-0.15, -0.1) is 6.42 Å². The maximum Gasteiger partial charge on any atom is 1.00 e. The van der Waals surface area contributed by atoms with Crippen molar-refractivity contribution in [2.45, 2.75) is 19.4 Å². The van der Waals surface area contributed by atoms with Crippen molar-refractivity contribution in [1.29, 1.82) is 5.26 Å². The molecule has 0 atom stereocenters. The first-order valence-corrected chi connectivity index (χ1v) is 5.33. The Bertz CT molecular complexity index is 465. The van der Waals surface area contributed by atoms with Crippen molar-refractivity contribution < 1.29 is 56.2 Å². The number of carbonyl (C=O) groups excluding carboxylic acids is 1. The Morgan fingerprint density at radius 1 is 1.47 bits per heavy atom. The molecule has 0 spiro atoms. The average Bonchev–Trinajstić information content (AvgIpc) is 2.36. The van der Waals surface area contributed by atoms with Crippen LogP contribution in [-0.4, -0.2) is 17.4 Å². The molecule has 1 aliphatic heterocycles. The van der Waals surface area contributed by atoms with Crippen LogP contribution in [0.5, 0.6) is 0 Å². The van der Waals surface area contributed by atoms with Gasteiger partial charge in [-0.2, -0.15) is 5.26 Å². The molecule has 1 aromatic carbocycles. The third-order valence-corrected chi connectivity index (χ3v) is 2.91. The van der Waals surface area contributed by atoms with Crippen molar-refractivity contribution in [3.05, 3.63) is 41.8 Å². The van der Waals surface area contributed by atoms with Crippen LogP contribution in [0.1, 0.15) is 23.1 Å². The predicted octanol–water partition coefficient (Wildman–Crippen LogP) is -1.33. The molecule has 0 saturated heterocycles. The summed E-state index contributed by atoms with van der Waals surface area (Å²) in [5.74, 6) is 0.0926. The molecule has 17 heavy (non-hydrogen) atoms. The third kappa shape index (κ3) is 3.40. The first kappa shape index (κ1) is 14.9. The van der Waals surface area contributed by atoms with Gasteiger partial charge >= 0.3 is 51.4 Å². The zero-order valence-electron chi connectivity index (χ0n) is 10.1. The molecule has 0 aromatic heterocycles. The van der Waals surface area contributed by atoms with E-state index >= 15 is 0 Å². The zero-order valence-corrected chi connectivity index (χ0v) is 13.2. The Labute approximate surface area is 144 Å². The molecule has 0 saturated carbocycles. The molecule has 1 heterocycles. The van der Waals surface area contributed by atoms with E-state index in [-0.39, 0.29) is 57.3 Å². The van der Waals surface area contributed by atoms with Gasteiger partial charge in [0.05, 0.1) is 11.6 Å². The van der Waals surface area contributed by atoms with E-state index < -0.39 is 0 Å². The fourth-order valence-corrected chi connectivity index (χ4v) is 1.99. The molecule has 3 nitrogen and oxygen atoms in total. The first-order chi connectivity index (χ1) is 7.74. The molecule has 1 aliphatic rings. The Kier molecular flexibility index (Phi) is 5.84. The van der Waals surface area contributed by atoms with Crippen LogP contribution in [0.25, 0.3) is 0 Å². The summed E-state index contributed by atoms with van der Waals surface area (Å²) in [6.45, 7) is 4.99. The maximum atomic E-state index is 11.5. The SMILES string of the molecule is [CH2-]CC(=O)N1CCc2cc(C#N)ccc2C1.[K+]. The number of rotatable bonds is 1. The van der Waals surface area contributed by atoms with E-state index in [1.54, 1.807) is 6.07 Å². The van der Waals surface area contributed by atoms with Crippen LogP contribution in [0.2, 0.25) is 0 Å². The van der Waals surface area contributed by atoms with Gasteiger partial charge in [0.1, 0.15) is 0 Å². The normalized spacial score (nSPS) is 13.3. The number of fused-ring (bicyclic) bond motifs is 1. The summed E-state index contributed by atoms with van der Waals surface area (Å²) in [6, 6.07) is 7.79. The molecule has 0 bridgehead atoms. The minimum atomic E-state index is 0. The van der Waals surface area contributed by atoms with Crippen LogP contribution in [0.15, 0.2) is 18.2 Å². The van der Waals surface area contributed by atoms with Gasteiger partial charge in [-0.05, 0) is 29.7 Å². The maximum absolute atomic E-state index is 11.5. The molecule has 0 fully saturated rings. The fraction of sp³-hybridized carbons (Fsp3) is 0.308. The molecule has 0 N–H and O–H groups in total. The molecule has 1 aromatic rings. The number of nitriles is 1. The van der Waals surface area contributed by atoms with E-state index in [2.05, 4.69) is 13.0 Å². The molecule has 0 radical (unpaired) electrons. The Hall–Kier alpha value is -0.184. The second-order valence-electron chi connectivity index (χ2n) is 3.91. The van der Waals surface area contributed by atoms with Gasteiger partial charge in [-0.25, -0.2) is 0 Å². The number of hydrogen-bond acceptors (Lipinski definition) is 2. The van der Waals surface area contributed by atoms with Gasteiger partial charge in [-0.1, -0.05) is 6.07 Å². The van der Waals surface area contributed by atoms with Crippen LogP contribution in [0, 0.1) is 18.3 Å². The fourth-order valence-electron chi connectivity index (χ4n) is 1.99. The second-order valence-corrected chi connectivity index (χ2v) is 3.91. The van der Waals surface area contributed by atoms with Crippen LogP contribution in [0.4, 0.5) is 0 Å². The summed E-state index contributed by atoms with van der Waals surface area (Å²) in [4.78, 5) is 13.3. The van der Waals surface area contributed by atoms with Crippen molar-refractivity contribution in [3.8, 4) is 6.07 Å². The first-order valence-electron chi connectivity index (χ1n) is 5.33. The number of nitrogens with zero attached hydrogens (tertiary/aromatic N) is 2. The van der Waals surface area contributed by atoms with Crippen LogP contribution in [0.3, 0.4) is 0 Å². The van der Waals surface area contributed by atoms with E-state index in [9.17, 15) is 4.79 Å². The predicted molar refractivity (Wildman–Crippen MR) is 60.3 cm³/mol. The quantitative estimate of drug-likeness (QED) is 0.459. The summed E-state index contributed by atoms with van der Waals surface area (Å²) in [7, 11) is 0. The van der Waals surface area contributed by atoms with Gasteiger partial charge < -0.3 is 11.8 Å². The van der Waals surface area contributed by atoms with Crippen molar-refractivity contribution in [1.82, 2.24) is 4.90 Å². The largest absolute Gasteiger partial charge is 1.00 e. The number of hydrogen-bond donors (Lipinski definition) is 0. The van der Waals surface area contributed by atoms with Crippen LogP contribution < -0.4 is 51.4 Å². The average molecular weight is 252 g/mol. The Balaban J connectivity index is 0.00000144. The topological polar surface area (TPSA) is 44.1 Å². The van der Waals surface area contributed by atoms with Crippen LogP contribution in [-0.2, 0) is 17.8 Å². The van der Waals surface area contributed by atoms with E-state index in [1.807, 2.05) is 17.0 Å².